The van der Waals surface area contributed by atoms with Crippen molar-refractivity contribution in [2.75, 3.05) is 18.6 Å². The average molecular weight is 335 g/mol. The molecule has 0 aliphatic carbocycles. The molecule has 1 heterocycles. The highest BCUT2D eigenvalue weighted by Gasteiger charge is 2.18. The van der Waals surface area contributed by atoms with E-state index in [1.807, 2.05) is 36.7 Å². The van der Waals surface area contributed by atoms with Gasteiger partial charge in [0.25, 0.3) is 0 Å². The van der Waals surface area contributed by atoms with Gasteiger partial charge in [0.1, 0.15) is 6.04 Å². The molecule has 23 heavy (non-hydrogen) atoms. The monoisotopic (exact) mass is 335 g/mol. The molecule has 4 N–H and O–H groups in total. The summed E-state index contributed by atoms with van der Waals surface area (Å²) in [6, 6.07) is 6.68. The van der Waals surface area contributed by atoms with Crippen LogP contribution in [-0.4, -0.2) is 46.7 Å². The van der Waals surface area contributed by atoms with Gasteiger partial charge in [-0.15, -0.1) is 0 Å². The maximum Gasteiger partial charge on any atom is 0.326 e. The fourth-order valence-electron chi connectivity index (χ4n) is 2.35. The van der Waals surface area contributed by atoms with Gasteiger partial charge in [0.2, 0.25) is 0 Å². The number of hydrogen-bond donors (Lipinski definition) is 4. The van der Waals surface area contributed by atoms with E-state index >= 15 is 0 Å². The van der Waals surface area contributed by atoms with E-state index in [4.69, 9.17) is 5.11 Å². The number of thioether (sulfide) groups is 1. The first-order valence-electron chi connectivity index (χ1n) is 7.43. The summed E-state index contributed by atoms with van der Waals surface area (Å²) in [6.07, 6.45) is 4.93. The Morgan fingerprint density at radius 3 is 2.87 bits per heavy atom. The summed E-state index contributed by atoms with van der Waals surface area (Å²) in [4.78, 5) is 26.1. The number of benzene rings is 1. The van der Waals surface area contributed by atoms with Crippen molar-refractivity contribution >= 4 is 34.7 Å². The molecule has 0 saturated carbocycles. The fourth-order valence-corrected chi connectivity index (χ4v) is 2.82. The molecular formula is C16H21N3O3S. The second-order valence-corrected chi connectivity index (χ2v) is 6.17. The number of H-pyrrole nitrogens is 1. The van der Waals surface area contributed by atoms with Gasteiger partial charge in [0.15, 0.2) is 0 Å². The van der Waals surface area contributed by atoms with Crippen molar-refractivity contribution in [2.24, 2.45) is 0 Å². The molecule has 0 saturated heterocycles. The Hall–Kier alpha value is -2.15. The zero-order valence-corrected chi connectivity index (χ0v) is 13.8. The van der Waals surface area contributed by atoms with Crippen LogP contribution in [0.2, 0.25) is 0 Å². The van der Waals surface area contributed by atoms with E-state index < -0.39 is 18.0 Å². The van der Waals surface area contributed by atoms with Gasteiger partial charge in [-0.05, 0) is 36.5 Å². The number of carboxylic acid groups (broad SMARTS) is 1. The molecule has 7 heteroatoms. The number of carboxylic acids is 1. The third-order valence-corrected chi connectivity index (χ3v) is 4.21. The lowest BCUT2D eigenvalue weighted by Gasteiger charge is -2.14. The van der Waals surface area contributed by atoms with Gasteiger partial charge in [-0.1, -0.05) is 18.2 Å². The van der Waals surface area contributed by atoms with Crippen LogP contribution in [0.5, 0.6) is 0 Å². The zero-order valence-electron chi connectivity index (χ0n) is 13.0. The van der Waals surface area contributed by atoms with E-state index in [0.29, 0.717) is 25.1 Å². The SMILES string of the molecule is CSCC[C@H](NC(=O)NCCc1c[nH]c2ccccc12)C(=O)O. The summed E-state index contributed by atoms with van der Waals surface area (Å²) in [5.74, 6) is -0.321. The summed E-state index contributed by atoms with van der Waals surface area (Å²) < 4.78 is 0. The Labute approximate surface area is 139 Å². The minimum absolute atomic E-state index is 0.409. The second-order valence-electron chi connectivity index (χ2n) is 5.18. The molecule has 0 aliphatic rings. The number of rotatable bonds is 8. The minimum Gasteiger partial charge on any atom is -0.480 e. The Kier molecular flexibility index (Phi) is 6.34. The molecule has 1 aromatic heterocycles. The van der Waals surface area contributed by atoms with Crippen molar-refractivity contribution in [2.45, 2.75) is 18.9 Å². The molecule has 0 aliphatic heterocycles. The molecular weight excluding hydrogens is 314 g/mol. The van der Waals surface area contributed by atoms with Crippen molar-refractivity contribution in [3.8, 4) is 0 Å². The molecule has 124 valence electrons. The lowest BCUT2D eigenvalue weighted by atomic mass is 10.1. The molecule has 0 radical (unpaired) electrons. The highest BCUT2D eigenvalue weighted by molar-refractivity contribution is 7.98. The highest BCUT2D eigenvalue weighted by Crippen LogP contribution is 2.17. The molecule has 1 atom stereocenters. The van der Waals surface area contributed by atoms with E-state index in [1.54, 1.807) is 11.8 Å². The largest absolute Gasteiger partial charge is 0.480 e. The van der Waals surface area contributed by atoms with Crippen LogP contribution < -0.4 is 10.6 Å². The molecule has 0 spiro atoms. The van der Waals surface area contributed by atoms with Crippen molar-refractivity contribution in [3.05, 3.63) is 36.0 Å². The number of amides is 2. The Balaban J connectivity index is 1.81. The smallest absolute Gasteiger partial charge is 0.326 e. The van der Waals surface area contributed by atoms with Crippen molar-refractivity contribution in [3.63, 3.8) is 0 Å². The normalized spacial score (nSPS) is 12.0. The van der Waals surface area contributed by atoms with Gasteiger partial charge < -0.3 is 20.7 Å². The Morgan fingerprint density at radius 2 is 2.13 bits per heavy atom. The number of urea groups is 1. The standard InChI is InChI=1S/C16H21N3O3S/c1-23-9-7-14(15(20)21)19-16(22)17-8-6-11-10-18-13-5-3-2-4-12(11)13/h2-5,10,14,18H,6-9H2,1H3,(H,20,21)(H2,17,19,22)/t14-/m0/s1. The zero-order chi connectivity index (χ0) is 16.7. The first-order chi connectivity index (χ1) is 11.1. The third-order valence-electron chi connectivity index (χ3n) is 3.57. The lowest BCUT2D eigenvalue weighted by Crippen LogP contribution is -2.46. The second kappa shape index (κ2) is 8.47. The Bertz CT molecular complexity index is 671. The summed E-state index contributed by atoms with van der Waals surface area (Å²) >= 11 is 1.55. The van der Waals surface area contributed by atoms with Crippen LogP contribution in [0.25, 0.3) is 10.9 Å². The van der Waals surface area contributed by atoms with Gasteiger partial charge in [0.05, 0.1) is 0 Å². The number of carbonyl (C=O) groups excluding carboxylic acids is 1. The lowest BCUT2D eigenvalue weighted by molar-refractivity contribution is -0.139. The van der Waals surface area contributed by atoms with E-state index in [0.717, 1.165) is 16.5 Å². The van der Waals surface area contributed by atoms with Crippen LogP contribution in [0.15, 0.2) is 30.5 Å². The van der Waals surface area contributed by atoms with Crippen molar-refractivity contribution in [1.29, 1.82) is 0 Å². The number of para-hydroxylation sites is 1. The van der Waals surface area contributed by atoms with E-state index in [9.17, 15) is 9.59 Å². The molecule has 6 nitrogen and oxygen atoms in total. The van der Waals surface area contributed by atoms with Crippen LogP contribution in [0.1, 0.15) is 12.0 Å². The van der Waals surface area contributed by atoms with Gasteiger partial charge >= 0.3 is 12.0 Å². The van der Waals surface area contributed by atoms with E-state index in [-0.39, 0.29) is 0 Å². The quantitative estimate of drug-likeness (QED) is 0.595. The number of aromatic nitrogens is 1. The van der Waals surface area contributed by atoms with Gasteiger partial charge in [-0.2, -0.15) is 11.8 Å². The van der Waals surface area contributed by atoms with Crippen LogP contribution in [-0.2, 0) is 11.2 Å². The first-order valence-corrected chi connectivity index (χ1v) is 8.82. The van der Waals surface area contributed by atoms with Gasteiger partial charge in [0, 0.05) is 23.6 Å². The predicted molar refractivity (Wildman–Crippen MR) is 93.0 cm³/mol. The highest BCUT2D eigenvalue weighted by atomic mass is 32.2. The summed E-state index contributed by atoms with van der Waals surface area (Å²) in [5.41, 5.74) is 2.19. The molecule has 0 bridgehead atoms. The van der Waals surface area contributed by atoms with Crippen LogP contribution >= 0.6 is 11.8 Å². The summed E-state index contributed by atoms with van der Waals surface area (Å²) in [7, 11) is 0. The van der Waals surface area contributed by atoms with E-state index in [2.05, 4.69) is 15.6 Å². The summed E-state index contributed by atoms with van der Waals surface area (Å²) in [5, 5.41) is 15.4. The van der Waals surface area contributed by atoms with Crippen LogP contribution in [0.4, 0.5) is 4.79 Å². The number of hydrogen-bond acceptors (Lipinski definition) is 3. The molecule has 0 unspecified atom stereocenters. The van der Waals surface area contributed by atoms with E-state index in [1.165, 1.54) is 0 Å². The first kappa shape index (κ1) is 17.2. The van der Waals surface area contributed by atoms with Crippen molar-refractivity contribution in [1.82, 2.24) is 15.6 Å². The molecule has 0 fully saturated rings. The average Bonchev–Trinajstić information content (AvgIpc) is 2.94. The molecule has 2 amide bonds. The number of carbonyl (C=O) groups is 2. The summed E-state index contributed by atoms with van der Waals surface area (Å²) in [6.45, 7) is 0.447. The molecule has 2 rings (SSSR count). The fraction of sp³-hybridized carbons (Fsp3) is 0.375. The number of fused-ring (bicyclic) bond motifs is 1. The van der Waals surface area contributed by atoms with Crippen LogP contribution in [0, 0.1) is 0 Å². The number of aromatic amines is 1. The molecule has 1 aromatic carbocycles. The number of aliphatic carboxylic acids is 1. The van der Waals surface area contributed by atoms with Crippen LogP contribution in [0.3, 0.4) is 0 Å². The Morgan fingerprint density at radius 1 is 1.35 bits per heavy atom. The van der Waals surface area contributed by atoms with Gasteiger partial charge in [-0.3, -0.25) is 0 Å². The predicted octanol–water partition coefficient (Wildman–Crippen LogP) is 2.22. The van der Waals surface area contributed by atoms with Crippen molar-refractivity contribution < 1.29 is 14.7 Å². The number of nitrogens with one attached hydrogen (secondary N) is 3. The molecule has 2 aromatic rings. The van der Waals surface area contributed by atoms with Gasteiger partial charge in [-0.25, -0.2) is 9.59 Å². The maximum absolute atomic E-state index is 11.8. The maximum atomic E-state index is 11.8. The third kappa shape index (κ3) is 4.92. The topological polar surface area (TPSA) is 94.2 Å². The minimum atomic E-state index is -1.01.